The van der Waals surface area contributed by atoms with Crippen LogP contribution in [-0.4, -0.2) is 33.3 Å². The lowest BCUT2D eigenvalue weighted by molar-refractivity contribution is 0.553. The van der Waals surface area contributed by atoms with Gasteiger partial charge in [-0.3, -0.25) is 0 Å². The lowest BCUT2D eigenvalue weighted by atomic mass is 9.94. The first-order chi connectivity index (χ1) is 9.29. The van der Waals surface area contributed by atoms with Crippen LogP contribution in [0, 0.1) is 0 Å². The molecule has 2 rings (SSSR count). The molecule has 0 aliphatic heterocycles. The second kappa shape index (κ2) is 6.99. The molecule has 0 saturated heterocycles. The first-order valence-electron chi connectivity index (χ1n) is 6.78. The van der Waals surface area contributed by atoms with Gasteiger partial charge in [-0.2, -0.15) is 4.80 Å². The Kier molecular flexibility index (Phi) is 5.03. The Morgan fingerprint density at radius 1 is 1.26 bits per heavy atom. The van der Waals surface area contributed by atoms with Crippen molar-refractivity contribution in [3.05, 3.63) is 41.7 Å². The van der Waals surface area contributed by atoms with Gasteiger partial charge in [-0.25, -0.2) is 0 Å². The summed E-state index contributed by atoms with van der Waals surface area (Å²) >= 11 is 0. The fourth-order valence-electron chi connectivity index (χ4n) is 2.16. The molecular formula is C14H21N5. The maximum absolute atomic E-state index is 4.23. The van der Waals surface area contributed by atoms with Crippen LogP contribution in [0.3, 0.4) is 0 Å². The summed E-state index contributed by atoms with van der Waals surface area (Å²) in [5.74, 6) is 1.31. The van der Waals surface area contributed by atoms with E-state index in [0.29, 0.717) is 5.92 Å². The zero-order valence-corrected chi connectivity index (χ0v) is 11.6. The number of aromatic nitrogens is 4. The second-order valence-electron chi connectivity index (χ2n) is 4.65. The Morgan fingerprint density at radius 3 is 2.68 bits per heavy atom. The van der Waals surface area contributed by atoms with Gasteiger partial charge in [0.2, 0.25) is 0 Å². The molecule has 1 atom stereocenters. The van der Waals surface area contributed by atoms with Crippen molar-refractivity contribution in [2.24, 2.45) is 7.05 Å². The van der Waals surface area contributed by atoms with E-state index in [-0.39, 0.29) is 0 Å². The van der Waals surface area contributed by atoms with Gasteiger partial charge in [0.05, 0.1) is 7.05 Å². The molecule has 1 unspecified atom stereocenters. The predicted molar refractivity (Wildman–Crippen MR) is 74.8 cm³/mol. The minimum atomic E-state index is 0.491. The van der Waals surface area contributed by atoms with Gasteiger partial charge in [0.25, 0.3) is 0 Å². The molecule has 5 nitrogen and oxygen atoms in total. The van der Waals surface area contributed by atoms with Gasteiger partial charge in [0.1, 0.15) is 0 Å². The van der Waals surface area contributed by atoms with Crippen LogP contribution >= 0.6 is 0 Å². The average Bonchev–Trinajstić information content (AvgIpc) is 2.86. The van der Waals surface area contributed by atoms with Gasteiger partial charge >= 0.3 is 0 Å². The molecule has 0 spiro atoms. The smallest absolute Gasteiger partial charge is 0.174 e. The van der Waals surface area contributed by atoms with Crippen molar-refractivity contribution in [1.82, 2.24) is 25.5 Å². The number of rotatable bonds is 7. The number of benzene rings is 1. The fraction of sp³-hybridized carbons (Fsp3) is 0.500. The molecule has 0 fully saturated rings. The summed E-state index contributed by atoms with van der Waals surface area (Å²) in [6.45, 7) is 4.11. The van der Waals surface area contributed by atoms with E-state index in [2.05, 4.69) is 58.0 Å². The minimum Gasteiger partial charge on any atom is -0.316 e. The number of nitrogens with zero attached hydrogens (tertiary/aromatic N) is 4. The van der Waals surface area contributed by atoms with Gasteiger partial charge in [-0.15, -0.1) is 10.2 Å². The van der Waals surface area contributed by atoms with Crippen LogP contribution in [0.25, 0.3) is 0 Å². The van der Waals surface area contributed by atoms with Gasteiger partial charge in [0, 0.05) is 13.0 Å². The monoisotopic (exact) mass is 259 g/mol. The molecule has 1 aromatic carbocycles. The molecular weight excluding hydrogens is 238 g/mol. The summed E-state index contributed by atoms with van der Waals surface area (Å²) in [5, 5.41) is 15.6. The van der Waals surface area contributed by atoms with E-state index < -0.39 is 0 Å². The Balaban J connectivity index is 1.97. The standard InChI is InChI=1S/C14H21N5/c1-3-15-11-13(12-7-5-4-6-8-12)9-10-14-16-18-19(2)17-14/h4-8,13,15H,3,9-11H2,1-2H3. The van der Waals surface area contributed by atoms with Crippen molar-refractivity contribution in [1.29, 1.82) is 0 Å². The van der Waals surface area contributed by atoms with Crippen molar-refractivity contribution < 1.29 is 0 Å². The molecule has 0 aliphatic rings. The lowest BCUT2D eigenvalue weighted by Gasteiger charge is -2.16. The molecule has 0 amide bonds. The zero-order valence-electron chi connectivity index (χ0n) is 11.6. The molecule has 1 heterocycles. The van der Waals surface area contributed by atoms with E-state index in [1.165, 1.54) is 10.4 Å². The molecule has 0 radical (unpaired) electrons. The highest BCUT2D eigenvalue weighted by atomic mass is 15.6. The van der Waals surface area contributed by atoms with Crippen molar-refractivity contribution >= 4 is 0 Å². The van der Waals surface area contributed by atoms with Crippen LogP contribution in [0.4, 0.5) is 0 Å². The van der Waals surface area contributed by atoms with E-state index in [0.717, 1.165) is 31.8 Å². The SMILES string of the molecule is CCNCC(CCc1nnn(C)n1)c1ccccc1. The van der Waals surface area contributed by atoms with Crippen molar-refractivity contribution in [3.8, 4) is 0 Å². The first kappa shape index (κ1) is 13.7. The summed E-state index contributed by atoms with van der Waals surface area (Å²) < 4.78 is 0. The number of hydrogen-bond acceptors (Lipinski definition) is 4. The molecule has 0 saturated carbocycles. The van der Waals surface area contributed by atoms with E-state index in [9.17, 15) is 0 Å². The molecule has 0 bridgehead atoms. The number of hydrogen-bond donors (Lipinski definition) is 1. The molecule has 1 N–H and O–H groups in total. The maximum Gasteiger partial charge on any atom is 0.174 e. The van der Waals surface area contributed by atoms with Crippen LogP contribution in [0.5, 0.6) is 0 Å². The highest BCUT2D eigenvalue weighted by Crippen LogP contribution is 2.20. The molecule has 5 heteroatoms. The third-order valence-electron chi connectivity index (χ3n) is 3.18. The van der Waals surface area contributed by atoms with Crippen LogP contribution in [0.1, 0.15) is 30.7 Å². The van der Waals surface area contributed by atoms with Crippen LogP contribution in [0.15, 0.2) is 30.3 Å². The average molecular weight is 259 g/mol. The Bertz CT molecular complexity index is 480. The Labute approximate surface area is 114 Å². The van der Waals surface area contributed by atoms with E-state index in [1.54, 1.807) is 7.05 Å². The summed E-state index contributed by atoms with van der Waals surface area (Å²) in [7, 11) is 1.80. The molecule has 2 aromatic rings. The normalized spacial score (nSPS) is 12.5. The van der Waals surface area contributed by atoms with E-state index in [1.807, 2.05) is 0 Å². The van der Waals surface area contributed by atoms with Crippen molar-refractivity contribution in [2.45, 2.75) is 25.7 Å². The minimum absolute atomic E-state index is 0.491. The second-order valence-corrected chi connectivity index (χ2v) is 4.65. The van der Waals surface area contributed by atoms with Gasteiger partial charge in [-0.05, 0) is 29.7 Å². The predicted octanol–water partition coefficient (Wildman–Crippen LogP) is 1.54. The van der Waals surface area contributed by atoms with Crippen LogP contribution in [-0.2, 0) is 13.5 Å². The quantitative estimate of drug-likeness (QED) is 0.819. The fourth-order valence-corrected chi connectivity index (χ4v) is 2.16. The van der Waals surface area contributed by atoms with Gasteiger partial charge in [0.15, 0.2) is 5.82 Å². The van der Waals surface area contributed by atoms with Crippen LogP contribution in [0.2, 0.25) is 0 Å². The number of likely N-dealkylation sites (N-methyl/N-ethyl adjacent to an activating group) is 1. The van der Waals surface area contributed by atoms with Gasteiger partial charge < -0.3 is 5.32 Å². The maximum atomic E-state index is 4.23. The Hall–Kier alpha value is -1.75. The van der Waals surface area contributed by atoms with Gasteiger partial charge in [-0.1, -0.05) is 37.3 Å². The van der Waals surface area contributed by atoms with E-state index in [4.69, 9.17) is 0 Å². The summed E-state index contributed by atoms with van der Waals surface area (Å²) in [5.41, 5.74) is 1.37. The lowest BCUT2D eigenvalue weighted by Crippen LogP contribution is -2.21. The third kappa shape index (κ3) is 4.13. The number of tetrazole rings is 1. The summed E-state index contributed by atoms with van der Waals surface area (Å²) in [4.78, 5) is 1.51. The summed E-state index contributed by atoms with van der Waals surface area (Å²) in [6, 6.07) is 10.6. The zero-order chi connectivity index (χ0) is 13.5. The third-order valence-corrected chi connectivity index (χ3v) is 3.18. The molecule has 19 heavy (non-hydrogen) atoms. The molecule has 0 aliphatic carbocycles. The van der Waals surface area contributed by atoms with Crippen LogP contribution < -0.4 is 5.32 Å². The largest absolute Gasteiger partial charge is 0.316 e. The van der Waals surface area contributed by atoms with Crippen molar-refractivity contribution in [2.75, 3.05) is 13.1 Å². The van der Waals surface area contributed by atoms with Crippen molar-refractivity contribution in [3.63, 3.8) is 0 Å². The Morgan fingerprint density at radius 2 is 2.05 bits per heavy atom. The molecule has 1 aromatic heterocycles. The topological polar surface area (TPSA) is 55.6 Å². The number of nitrogens with one attached hydrogen (secondary N) is 1. The number of aryl methyl sites for hydroxylation is 2. The van der Waals surface area contributed by atoms with E-state index >= 15 is 0 Å². The summed E-state index contributed by atoms with van der Waals surface area (Å²) in [6.07, 6.45) is 1.89. The highest BCUT2D eigenvalue weighted by Gasteiger charge is 2.12. The molecule has 102 valence electrons. The first-order valence-corrected chi connectivity index (χ1v) is 6.78. The highest BCUT2D eigenvalue weighted by molar-refractivity contribution is 5.20.